The second-order valence-corrected chi connectivity index (χ2v) is 8.31. The molecule has 0 heterocycles. The van der Waals surface area contributed by atoms with Gasteiger partial charge in [0.15, 0.2) is 0 Å². The van der Waals surface area contributed by atoms with Crippen LogP contribution in [0.5, 0.6) is 11.5 Å². The van der Waals surface area contributed by atoms with E-state index in [2.05, 4.69) is 10.5 Å². The van der Waals surface area contributed by atoms with Crippen LogP contribution in [0.1, 0.15) is 27.0 Å². The van der Waals surface area contributed by atoms with Gasteiger partial charge < -0.3 is 9.47 Å². The Morgan fingerprint density at radius 1 is 0.784 bits per heavy atom. The number of hydrazone groups is 1. The molecule has 0 saturated heterocycles. The van der Waals surface area contributed by atoms with E-state index >= 15 is 0 Å². The minimum atomic E-state index is -0.472. The van der Waals surface area contributed by atoms with E-state index in [-0.39, 0.29) is 5.91 Å². The third-order valence-electron chi connectivity index (χ3n) is 5.12. The van der Waals surface area contributed by atoms with Crippen molar-refractivity contribution in [2.24, 2.45) is 5.10 Å². The van der Waals surface area contributed by atoms with Crippen molar-refractivity contribution in [2.45, 2.75) is 6.61 Å². The first-order valence-corrected chi connectivity index (χ1v) is 11.8. The number of benzene rings is 4. The molecule has 6 nitrogen and oxygen atoms in total. The van der Waals surface area contributed by atoms with E-state index < -0.39 is 5.97 Å². The monoisotopic (exact) mass is 510 g/mol. The van der Waals surface area contributed by atoms with Gasteiger partial charge in [-0.2, -0.15) is 5.10 Å². The molecule has 184 valence electrons. The standard InChI is InChI=1S/C30H23ClN2O4/c31-26-13-17-27(18-14-26)36-21-24-6-11-25(12-7-24)30(35)33-32-20-23-8-15-28(16-9-23)37-29(34)19-10-22-4-2-1-3-5-22/h1-20H,21H2,(H,33,35)/b19-10+,32-20-. The van der Waals surface area contributed by atoms with Crippen molar-refractivity contribution in [1.82, 2.24) is 5.43 Å². The van der Waals surface area contributed by atoms with Crippen LogP contribution in [0.25, 0.3) is 6.08 Å². The highest BCUT2D eigenvalue weighted by Crippen LogP contribution is 2.17. The van der Waals surface area contributed by atoms with Crippen LogP contribution >= 0.6 is 11.6 Å². The first-order chi connectivity index (χ1) is 18.0. The molecule has 0 radical (unpaired) electrons. The molecule has 0 fully saturated rings. The number of nitrogens with one attached hydrogen (secondary N) is 1. The lowest BCUT2D eigenvalue weighted by Crippen LogP contribution is -2.17. The summed E-state index contributed by atoms with van der Waals surface area (Å²) in [5, 5.41) is 4.65. The Morgan fingerprint density at radius 2 is 1.46 bits per heavy atom. The summed E-state index contributed by atoms with van der Waals surface area (Å²) >= 11 is 5.87. The molecule has 37 heavy (non-hydrogen) atoms. The van der Waals surface area contributed by atoms with E-state index in [4.69, 9.17) is 21.1 Å². The Labute approximate surface area is 219 Å². The van der Waals surface area contributed by atoms with Crippen molar-refractivity contribution in [3.63, 3.8) is 0 Å². The third kappa shape index (κ3) is 8.19. The summed E-state index contributed by atoms with van der Waals surface area (Å²) in [4.78, 5) is 24.4. The molecule has 0 aliphatic carbocycles. The van der Waals surface area contributed by atoms with E-state index in [1.54, 1.807) is 66.7 Å². The van der Waals surface area contributed by atoms with Gasteiger partial charge in [0.1, 0.15) is 18.1 Å². The number of hydrogen-bond donors (Lipinski definition) is 1. The fourth-order valence-electron chi connectivity index (χ4n) is 3.18. The number of carbonyl (C=O) groups is 2. The summed E-state index contributed by atoms with van der Waals surface area (Å²) in [7, 11) is 0. The molecule has 4 aromatic rings. The summed E-state index contributed by atoms with van der Waals surface area (Å²) in [6.07, 6.45) is 4.57. The number of rotatable bonds is 9. The maximum atomic E-state index is 12.4. The molecule has 0 aliphatic heterocycles. The van der Waals surface area contributed by atoms with Crippen LogP contribution in [-0.2, 0) is 11.4 Å². The second-order valence-electron chi connectivity index (χ2n) is 7.87. The molecule has 0 saturated carbocycles. The average Bonchev–Trinajstić information content (AvgIpc) is 2.93. The Balaban J connectivity index is 1.23. The second kappa shape index (κ2) is 12.9. The Kier molecular flexibility index (Phi) is 8.83. The molecule has 0 unspecified atom stereocenters. The SMILES string of the molecule is O=C(/C=C/c1ccccc1)Oc1ccc(/C=N\NC(=O)c2ccc(COc3ccc(Cl)cc3)cc2)cc1. The van der Waals surface area contributed by atoms with Gasteiger partial charge in [-0.15, -0.1) is 0 Å². The van der Waals surface area contributed by atoms with Crippen LogP contribution in [0.15, 0.2) is 114 Å². The van der Waals surface area contributed by atoms with Gasteiger partial charge in [0.2, 0.25) is 0 Å². The molecule has 0 atom stereocenters. The largest absolute Gasteiger partial charge is 0.489 e. The van der Waals surface area contributed by atoms with E-state index in [0.29, 0.717) is 28.7 Å². The van der Waals surface area contributed by atoms with Gasteiger partial charge in [-0.25, -0.2) is 10.2 Å². The molecule has 7 heteroatoms. The molecule has 0 aliphatic rings. The molecular weight excluding hydrogens is 488 g/mol. The minimum Gasteiger partial charge on any atom is -0.489 e. The number of nitrogens with zero attached hydrogens (tertiary/aromatic N) is 1. The van der Waals surface area contributed by atoms with Crippen LogP contribution < -0.4 is 14.9 Å². The molecule has 1 amide bonds. The fourth-order valence-corrected chi connectivity index (χ4v) is 3.31. The van der Waals surface area contributed by atoms with Crippen molar-refractivity contribution in [2.75, 3.05) is 0 Å². The molecule has 0 aromatic heterocycles. The van der Waals surface area contributed by atoms with E-state index in [1.165, 1.54) is 12.3 Å². The number of carbonyl (C=O) groups excluding carboxylic acids is 2. The lowest BCUT2D eigenvalue weighted by molar-refractivity contribution is -0.128. The van der Waals surface area contributed by atoms with Crippen molar-refractivity contribution >= 4 is 35.8 Å². The normalized spacial score (nSPS) is 10.9. The topological polar surface area (TPSA) is 77.0 Å². The van der Waals surface area contributed by atoms with Crippen LogP contribution in [0.4, 0.5) is 0 Å². The zero-order valence-corrected chi connectivity index (χ0v) is 20.5. The van der Waals surface area contributed by atoms with Gasteiger partial charge in [-0.1, -0.05) is 54.1 Å². The predicted octanol–water partition coefficient (Wildman–Crippen LogP) is 6.30. The van der Waals surface area contributed by atoms with Gasteiger partial charge >= 0.3 is 5.97 Å². The van der Waals surface area contributed by atoms with Crippen LogP contribution in [0.2, 0.25) is 5.02 Å². The highest BCUT2D eigenvalue weighted by Gasteiger charge is 2.05. The average molecular weight is 511 g/mol. The number of esters is 1. The van der Waals surface area contributed by atoms with E-state index in [0.717, 1.165) is 16.7 Å². The number of hydrogen-bond acceptors (Lipinski definition) is 5. The number of ether oxygens (including phenoxy) is 2. The highest BCUT2D eigenvalue weighted by molar-refractivity contribution is 6.30. The van der Waals surface area contributed by atoms with Crippen LogP contribution in [0.3, 0.4) is 0 Å². The molecule has 0 bridgehead atoms. The van der Waals surface area contributed by atoms with Crippen molar-refractivity contribution in [3.05, 3.63) is 136 Å². The van der Waals surface area contributed by atoms with Gasteiger partial charge in [0, 0.05) is 16.7 Å². The maximum Gasteiger partial charge on any atom is 0.336 e. The summed E-state index contributed by atoms with van der Waals surface area (Å²) in [6.45, 7) is 0.371. The lowest BCUT2D eigenvalue weighted by Gasteiger charge is -2.07. The Hall–Kier alpha value is -4.68. The zero-order valence-electron chi connectivity index (χ0n) is 19.7. The summed E-state index contributed by atoms with van der Waals surface area (Å²) in [5.74, 6) is 0.313. The highest BCUT2D eigenvalue weighted by atomic mass is 35.5. The predicted molar refractivity (Wildman–Crippen MR) is 145 cm³/mol. The fraction of sp³-hybridized carbons (Fsp3) is 0.0333. The van der Waals surface area contributed by atoms with E-state index in [1.807, 2.05) is 42.5 Å². The van der Waals surface area contributed by atoms with Gasteiger partial charge in [-0.05, 0) is 83.4 Å². The summed E-state index contributed by atoms with van der Waals surface area (Å²) in [5.41, 5.74) is 5.54. The van der Waals surface area contributed by atoms with Gasteiger partial charge in [0.25, 0.3) is 5.91 Å². The van der Waals surface area contributed by atoms with Crippen molar-refractivity contribution in [3.8, 4) is 11.5 Å². The molecule has 4 aromatic carbocycles. The van der Waals surface area contributed by atoms with Crippen LogP contribution in [-0.4, -0.2) is 18.1 Å². The first-order valence-electron chi connectivity index (χ1n) is 11.4. The van der Waals surface area contributed by atoms with Crippen molar-refractivity contribution < 1.29 is 19.1 Å². The minimum absolute atomic E-state index is 0.336. The van der Waals surface area contributed by atoms with Crippen LogP contribution in [0, 0.1) is 0 Å². The first kappa shape index (κ1) is 25.4. The van der Waals surface area contributed by atoms with Gasteiger partial charge in [0.05, 0.1) is 6.21 Å². The lowest BCUT2D eigenvalue weighted by atomic mass is 10.1. The quantitative estimate of drug-likeness (QED) is 0.0942. The van der Waals surface area contributed by atoms with E-state index in [9.17, 15) is 9.59 Å². The summed E-state index contributed by atoms with van der Waals surface area (Å²) < 4.78 is 11.0. The molecule has 4 rings (SSSR count). The Morgan fingerprint density at radius 3 is 2.16 bits per heavy atom. The van der Waals surface area contributed by atoms with Crippen molar-refractivity contribution in [1.29, 1.82) is 0 Å². The third-order valence-corrected chi connectivity index (χ3v) is 5.38. The molecular formula is C30H23ClN2O4. The zero-order chi connectivity index (χ0) is 25.9. The Bertz CT molecular complexity index is 1380. The molecule has 1 N–H and O–H groups in total. The smallest absolute Gasteiger partial charge is 0.336 e. The number of amides is 1. The van der Waals surface area contributed by atoms with Gasteiger partial charge in [-0.3, -0.25) is 4.79 Å². The molecule has 0 spiro atoms. The number of halogens is 1. The summed E-state index contributed by atoms with van der Waals surface area (Å²) in [6, 6.07) is 30.4. The maximum absolute atomic E-state index is 12.4.